The van der Waals surface area contributed by atoms with E-state index in [9.17, 15) is 14.7 Å². The first-order valence-corrected chi connectivity index (χ1v) is 12.6. The highest BCUT2D eigenvalue weighted by molar-refractivity contribution is 5.90. The summed E-state index contributed by atoms with van der Waals surface area (Å²) < 4.78 is 11.7. The van der Waals surface area contributed by atoms with Crippen LogP contribution in [0.4, 0.5) is 0 Å². The number of para-hydroxylation sites is 1. The van der Waals surface area contributed by atoms with E-state index in [1.54, 1.807) is 0 Å². The maximum Gasteiger partial charge on any atom is 0.327 e. The van der Waals surface area contributed by atoms with E-state index >= 15 is 0 Å². The monoisotopic (exact) mass is 480 g/mol. The van der Waals surface area contributed by atoms with Gasteiger partial charge in [0, 0.05) is 32.6 Å². The van der Waals surface area contributed by atoms with Crippen LogP contribution in [0.5, 0.6) is 5.75 Å². The number of esters is 1. The zero-order valence-electron chi connectivity index (χ0n) is 20.5. The molecule has 1 saturated heterocycles. The second-order valence-electron chi connectivity index (χ2n) is 9.58. The Morgan fingerprint density at radius 3 is 2.37 bits per heavy atom. The van der Waals surface area contributed by atoms with Gasteiger partial charge in [-0.2, -0.15) is 0 Å². The minimum atomic E-state index is -1.03. The van der Waals surface area contributed by atoms with Crippen molar-refractivity contribution in [2.45, 2.75) is 37.6 Å². The lowest BCUT2D eigenvalue weighted by Crippen LogP contribution is -2.70. The molecule has 2 fully saturated rings. The van der Waals surface area contributed by atoms with Gasteiger partial charge in [0.25, 0.3) is 0 Å². The van der Waals surface area contributed by atoms with Crippen LogP contribution in [0, 0.1) is 5.92 Å². The van der Waals surface area contributed by atoms with Gasteiger partial charge in [-0.25, -0.2) is 0 Å². The molecule has 2 unspecified atom stereocenters. The van der Waals surface area contributed by atoms with Crippen molar-refractivity contribution in [3.8, 4) is 5.75 Å². The van der Waals surface area contributed by atoms with E-state index in [2.05, 4.69) is 35.2 Å². The molecule has 1 N–H and O–H groups in total. The molecule has 1 saturated carbocycles. The standard InChI is InChI=1S/C28H36N2O5/c1-29-16-18-30(19-17-29)28(15-14-24(28)26(31)32)27(33)35-21-7-20-34-25-11-6-5-10-23(25)13-12-22-8-3-2-4-9-22/h2-6,8-11,24H,7,12-21H2,1H3,(H,31,32). The fraction of sp³-hybridized carbons (Fsp3) is 0.500. The Bertz CT molecular complexity index is 990. The number of hydrogen-bond acceptors (Lipinski definition) is 6. The smallest absolute Gasteiger partial charge is 0.327 e. The molecule has 0 spiro atoms. The molecule has 7 heteroatoms. The van der Waals surface area contributed by atoms with Gasteiger partial charge < -0.3 is 19.5 Å². The number of likely N-dealkylation sites (N-methyl/N-ethyl adjacent to an activating group) is 1. The number of carboxylic acids is 1. The highest BCUT2D eigenvalue weighted by Gasteiger charge is 2.61. The molecule has 188 valence electrons. The summed E-state index contributed by atoms with van der Waals surface area (Å²) in [4.78, 5) is 29.3. The molecule has 0 bridgehead atoms. The maximum absolute atomic E-state index is 13.2. The molecule has 1 aliphatic carbocycles. The number of aryl methyl sites for hydroxylation is 2. The van der Waals surface area contributed by atoms with Gasteiger partial charge in [-0.3, -0.25) is 14.5 Å². The van der Waals surface area contributed by atoms with E-state index in [1.807, 2.05) is 36.2 Å². The van der Waals surface area contributed by atoms with Gasteiger partial charge in [-0.1, -0.05) is 48.5 Å². The number of piperazine rings is 1. The van der Waals surface area contributed by atoms with Gasteiger partial charge in [-0.05, 0) is 49.9 Å². The van der Waals surface area contributed by atoms with Crippen LogP contribution >= 0.6 is 0 Å². The number of benzene rings is 2. The summed E-state index contributed by atoms with van der Waals surface area (Å²) in [6.45, 7) is 3.64. The fourth-order valence-electron chi connectivity index (χ4n) is 5.15. The van der Waals surface area contributed by atoms with Crippen molar-refractivity contribution in [1.82, 2.24) is 9.80 Å². The summed E-state index contributed by atoms with van der Waals surface area (Å²) in [6.07, 6.45) is 3.43. The topological polar surface area (TPSA) is 79.3 Å². The van der Waals surface area contributed by atoms with E-state index in [1.165, 1.54) is 5.56 Å². The summed E-state index contributed by atoms with van der Waals surface area (Å²) in [6, 6.07) is 18.4. The molecule has 2 aromatic rings. The first-order chi connectivity index (χ1) is 17.0. The highest BCUT2D eigenvalue weighted by atomic mass is 16.5. The lowest BCUT2D eigenvalue weighted by atomic mass is 9.65. The number of carboxylic acid groups (broad SMARTS) is 1. The lowest BCUT2D eigenvalue weighted by molar-refractivity contribution is -0.185. The molecule has 0 radical (unpaired) electrons. The Morgan fingerprint density at radius 1 is 0.971 bits per heavy atom. The summed E-state index contributed by atoms with van der Waals surface area (Å²) >= 11 is 0. The summed E-state index contributed by atoms with van der Waals surface area (Å²) in [7, 11) is 2.04. The molecule has 1 aliphatic heterocycles. The molecular weight excluding hydrogens is 444 g/mol. The minimum absolute atomic E-state index is 0.215. The van der Waals surface area contributed by atoms with Gasteiger partial charge in [0.05, 0.1) is 19.1 Å². The Kier molecular flexibility index (Phi) is 8.42. The highest BCUT2D eigenvalue weighted by Crippen LogP contribution is 2.45. The second kappa shape index (κ2) is 11.7. The Morgan fingerprint density at radius 2 is 1.69 bits per heavy atom. The Hall–Kier alpha value is -2.90. The van der Waals surface area contributed by atoms with E-state index in [0.717, 1.165) is 37.2 Å². The van der Waals surface area contributed by atoms with Gasteiger partial charge in [0.2, 0.25) is 0 Å². The number of aliphatic carboxylic acids is 1. The largest absolute Gasteiger partial charge is 0.493 e. The molecule has 7 nitrogen and oxygen atoms in total. The number of carbonyl (C=O) groups is 2. The normalized spacial score (nSPS) is 22.8. The van der Waals surface area contributed by atoms with Crippen LogP contribution in [0.3, 0.4) is 0 Å². The molecule has 2 aromatic carbocycles. The second-order valence-corrected chi connectivity index (χ2v) is 9.58. The molecule has 4 rings (SSSR count). The molecular formula is C28H36N2O5. The summed E-state index contributed by atoms with van der Waals surface area (Å²) in [5, 5.41) is 9.71. The van der Waals surface area contributed by atoms with Crippen LogP contribution in [-0.2, 0) is 27.2 Å². The number of ether oxygens (including phenoxy) is 2. The van der Waals surface area contributed by atoms with Crippen molar-refractivity contribution in [3.63, 3.8) is 0 Å². The SMILES string of the molecule is CN1CCN(C2(C(=O)OCCCOc3ccccc3CCc3ccccc3)CCC2C(=O)O)CC1. The summed E-state index contributed by atoms with van der Waals surface area (Å²) in [5.41, 5.74) is 1.41. The van der Waals surface area contributed by atoms with Gasteiger partial charge in [-0.15, -0.1) is 0 Å². The molecule has 2 aliphatic rings. The molecule has 35 heavy (non-hydrogen) atoms. The third-order valence-electron chi connectivity index (χ3n) is 7.39. The predicted octanol–water partition coefficient (Wildman–Crippen LogP) is 3.26. The third-order valence-corrected chi connectivity index (χ3v) is 7.39. The van der Waals surface area contributed by atoms with Crippen LogP contribution in [-0.4, -0.2) is 78.8 Å². The molecule has 0 amide bonds. The predicted molar refractivity (Wildman–Crippen MR) is 134 cm³/mol. The number of rotatable bonds is 11. The van der Waals surface area contributed by atoms with E-state index < -0.39 is 23.4 Å². The van der Waals surface area contributed by atoms with Gasteiger partial charge >= 0.3 is 11.9 Å². The van der Waals surface area contributed by atoms with Crippen LogP contribution in [0.1, 0.15) is 30.4 Å². The van der Waals surface area contributed by atoms with E-state index in [-0.39, 0.29) is 6.61 Å². The van der Waals surface area contributed by atoms with Gasteiger partial charge in [0.1, 0.15) is 11.3 Å². The van der Waals surface area contributed by atoms with Crippen molar-refractivity contribution in [2.24, 2.45) is 5.92 Å². The van der Waals surface area contributed by atoms with Crippen LogP contribution in [0.25, 0.3) is 0 Å². The minimum Gasteiger partial charge on any atom is -0.493 e. The van der Waals surface area contributed by atoms with Crippen molar-refractivity contribution in [1.29, 1.82) is 0 Å². The lowest BCUT2D eigenvalue weighted by Gasteiger charge is -2.53. The quantitative estimate of drug-likeness (QED) is 0.391. The Labute approximate surface area is 207 Å². The van der Waals surface area contributed by atoms with Crippen LogP contribution in [0.2, 0.25) is 0 Å². The van der Waals surface area contributed by atoms with Crippen molar-refractivity contribution < 1.29 is 24.2 Å². The Balaban J connectivity index is 1.27. The van der Waals surface area contributed by atoms with E-state index in [0.29, 0.717) is 39.0 Å². The zero-order chi connectivity index (χ0) is 24.7. The zero-order valence-corrected chi connectivity index (χ0v) is 20.5. The first-order valence-electron chi connectivity index (χ1n) is 12.6. The number of carbonyl (C=O) groups excluding carboxylic acids is 1. The number of hydrogen-bond donors (Lipinski definition) is 1. The van der Waals surface area contributed by atoms with Crippen molar-refractivity contribution in [3.05, 3.63) is 65.7 Å². The van der Waals surface area contributed by atoms with Crippen LogP contribution < -0.4 is 4.74 Å². The third kappa shape index (κ3) is 5.85. The summed E-state index contributed by atoms with van der Waals surface area (Å²) in [5.74, 6) is -1.16. The number of nitrogens with zero attached hydrogens (tertiary/aromatic N) is 2. The first kappa shape index (κ1) is 25.2. The average Bonchev–Trinajstić information content (AvgIpc) is 2.84. The van der Waals surface area contributed by atoms with Crippen LogP contribution in [0.15, 0.2) is 54.6 Å². The fourth-order valence-corrected chi connectivity index (χ4v) is 5.15. The van der Waals surface area contributed by atoms with E-state index in [4.69, 9.17) is 9.47 Å². The maximum atomic E-state index is 13.2. The van der Waals surface area contributed by atoms with Crippen molar-refractivity contribution >= 4 is 11.9 Å². The molecule has 0 aromatic heterocycles. The molecule has 2 atom stereocenters. The average molecular weight is 481 g/mol. The van der Waals surface area contributed by atoms with Gasteiger partial charge in [0.15, 0.2) is 0 Å². The molecule has 1 heterocycles. The van der Waals surface area contributed by atoms with Crippen molar-refractivity contribution in [2.75, 3.05) is 46.4 Å².